The van der Waals surface area contributed by atoms with Crippen LogP contribution in [0.4, 0.5) is 0 Å². The minimum Gasteiger partial charge on any atom is -0.387 e. The molecular weight excluding hydrogens is 226 g/mol. The molecule has 1 unspecified atom stereocenters. The Hall–Kier alpha value is -1.10. The van der Waals surface area contributed by atoms with Gasteiger partial charge in [0.05, 0.1) is 17.1 Å². The van der Waals surface area contributed by atoms with Gasteiger partial charge in [-0.15, -0.1) is 0 Å². The third kappa shape index (κ3) is 1.69. The molecule has 1 aromatic carbocycles. The molecule has 0 fully saturated rings. The number of aliphatic hydroxyl groups excluding tert-OH is 1. The zero-order valence-electron chi connectivity index (χ0n) is 9.24. The molecule has 0 aliphatic heterocycles. The van der Waals surface area contributed by atoms with Gasteiger partial charge in [0.25, 0.3) is 0 Å². The topological polar surface area (TPSA) is 64.1 Å². The van der Waals surface area contributed by atoms with E-state index in [2.05, 4.69) is 4.98 Å². The van der Waals surface area contributed by atoms with Crippen LogP contribution in [0, 0.1) is 6.92 Å². The quantitative estimate of drug-likeness (QED) is 0.835. The van der Waals surface area contributed by atoms with Crippen LogP contribution in [0.15, 0.2) is 12.1 Å². The SMILES string of the molecule is Cc1nc2cc(C(O)CN)c(Cl)cc2n1C. The fourth-order valence-electron chi connectivity index (χ4n) is 1.73. The number of fused-ring (bicyclic) bond motifs is 1. The molecule has 1 atom stereocenters. The summed E-state index contributed by atoms with van der Waals surface area (Å²) in [7, 11) is 1.93. The van der Waals surface area contributed by atoms with Crippen molar-refractivity contribution in [2.24, 2.45) is 12.8 Å². The summed E-state index contributed by atoms with van der Waals surface area (Å²) in [6.45, 7) is 2.07. The first-order valence-electron chi connectivity index (χ1n) is 5.05. The zero-order valence-corrected chi connectivity index (χ0v) is 9.99. The highest BCUT2D eigenvalue weighted by atomic mass is 35.5. The van der Waals surface area contributed by atoms with Crippen LogP contribution in [0.3, 0.4) is 0 Å². The predicted octanol–water partition coefficient (Wildman–Crippen LogP) is 1.53. The molecule has 0 spiro atoms. The van der Waals surface area contributed by atoms with Crippen molar-refractivity contribution in [3.05, 3.63) is 28.5 Å². The Morgan fingerprint density at radius 3 is 2.88 bits per heavy atom. The van der Waals surface area contributed by atoms with Gasteiger partial charge in [-0.05, 0) is 19.1 Å². The standard InChI is InChI=1S/C11H14ClN3O/c1-6-14-9-3-7(11(16)5-13)8(12)4-10(9)15(6)2/h3-4,11,16H,5,13H2,1-2H3. The van der Waals surface area contributed by atoms with Crippen LogP contribution in [-0.4, -0.2) is 21.2 Å². The maximum absolute atomic E-state index is 9.70. The molecule has 3 N–H and O–H groups in total. The lowest BCUT2D eigenvalue weighted by atomic mass is 10.1. The first-order chi connectivity index (χ1) is 7.54. The number of benzene rings is 1. The average molecular weight is 240 g/mol. The summed E-state index contributed by atoms with van der Waals surface area (Å²) in [6.07, 6.45) is -0.737. The van der Waals surface area contributed by atoms with Crippen molar-refractivity contribution in [1.29, 1.82) is 0 Å². The van der Waals surface area contributed by atoms with Crippen molar-refractivity contribution in [3.63, 3.8) is 0 Å². The highest BCUT2D eigenvalue weighted by Crippen LogP contribution is 2.28. The summed E-state index contributed by atoms with van der Waals surface area (Å²) < 4.78 is 1.96. The molecule has 4 nitrogen and oxygen atoms in total. The first-order valence-corrected chi connectivity index (χ1v) is 5.43. The third-order valence-corrected chi connectivity index (χ3v) is 3.13. The molecule has 0 aliphatic rings. The zero-order chi connectivity index (χ0) is 11.9. The van der Waals surface area contributed by atoms with E-state index < -0.39 is 6.10 Å². The van der Waals surface area contributed by atoms with Crippen molar-refractivity contribution in [1.82, 2.24) is 9.55 Å². The average Bonchev–Trinajstić information content (AvgIpc) is 2.53. The number of nitrogens with zero attached hydrogens (tertiary/aromatic N) is 2. The van der Waals surface area contributed by atoms with Crippen molar-refractivity contribution in [3.8, 4) is 0 Å². The Morgan fingerprint density at radius 1 is 1.56 bits per heavy atom. The van der Waals surface area contributed by atoms with E-state index in [0.717, 1.165) is 16.9 Å². The summed E-state index contributed by atoms with van der Waals surface area (Å²) in [5.74, 6) is 0.908. The van der Waals surface area contributed by atoms with E-state index in [0.29, 0.717) is 10.6 Å². The molecule has 2 aromatic rings. The van der Waals surface area contributed by atoms with Crippen molar-refractivity contribution >= 4 is 22.6 Å². The smallest absolute Gasteiger partial charge is 0.106 e. The molecule has 0 saturated heterocycles. The van der Waals surface area contributed by atoms with Crippen LogP contribution in [0.25, 0.3) is 11.0 Å². The van der Waals surface area contributed by atoms with Crippen LogP contribution in [0.5, 0.6) is 0 Å². The van der Waals surface area contributed by atoms with E-state index in [-0.39, 0.29) is 6.54 Å². The molecular formula is C11H14ClN3O. The highest BCUT2D eigenvalue weighted by molar-refractivity contribution is 6.32. The number of hydrogen-bond acceptors (Lipinski definition) is 3. The molecule has 5 heteroatoms. The van der Waals surface area contributed by atoms with Gasteiger partial charge >= 0.3 is 0 Å². The monoisotopic (exact) mass is 239 g/mol. The summed E-state index contributed by atoms with van der Waals surface area (Å²) in [6, 6.07) is 3.60. The number of aliphatic hydroxyl groups is 1. The van der Waals surface area contributed by atoms with Crippen LogP contribution in [-0.2, 0) is 7.05 Å². The van der Waals surface area contributed by atoms with Gasteiger partial charge in [0.2, 0.25) is 0 Å². The summed E-state index contributed by atoms with van der Waals surface area (Å²) in [5, 5.41) is 10.2. The van der Waals surface area contributed by atoms with Gasteiger partial charge in [0.1, 0.15) is 5.82 Å². The van der Waals surface area contributed by atoms with Gasteiger partial charge in [0, 0.05) is 24.2 Å². The fraction of sp³-hybridized carbons (Fsp3) is 0.364. The lowest BCUT2D eigenvalue weighted by molar-refractivity contribution is 0.187. The lowest BCUT2D eigenvalue weighted by Gasteiger charge is -2.10. The van der Waals surface area contributed by atoms with E-state index in [4.69, 9.17) is 17.3 Å². The molecule has 0 saturated carbocycles. The molecule has 86 valence electrons. The Labute approximate surface area is 98.6 Å². The third-order valence-electron chi connectivity index (χ3n) is 2.81. The molecule has 0 amide bonds. The van der Waals surface area contributed by atoms with Crippen molar-refractivity contribution in [2.45, 2.75) is 13.0 Å². The largest absolute Gasteiger partial charge is 0.387 e. The summed E-state index contributed by atoms with van der Waals surface area (Å²) in [5.41, 5.74) is 7.83. The second-order valence-corrected chi connectivity index (χ2v) is 4.24. The molecule has 2 rings (SSSR count). The number of nitrogens with two attached hydrogens (primary N) is 1. The van der Waals surface area contributed by atoms with Gasteiger partial charge < -0.3 is 15.4 Å². The summed E-state index contributed by atoms with van der Waals surface area (Å²) in [4.78, 5) is 4.38. The van der Waals surface area contributed by atoms with Gasteiger partial charge in [-0.1, -0.05) is 11.6 Å². The number of hydrogen-bond donors (Lipinski definition) is 2. The first kappa shape index (κ1) is 11.4. The predicted molar refractivity (Wildman–Crippen MR) is 64.5 cm³/mol. The second kappa shape index (κ2) is 4.05. The van der Waals surface area contributed by atoms with Gasteiger partial charge in [-0.3, -0.25) is 0 Å². The molecule has 0 aliphatic carbocycles. The Bertz CT molecular complexity index is 535. The van der Waals surface area contributed by atoms with E-state index in [1.54, 1.807) is 6.07 Å². The van der Waals surface area contributed by atoms with Crippen LogP contribution in [0.1, 0.15) is 17.5 Å². The van der Waals surface area contributed by atoms with E-state index >= 15 is 0 Å². The lowest BCUT2D eigenvalue weighted by Crippen LogP contribution is -2.11. The number of aryl methyl sites for hydroxylation is 2. The van der Waals surface area contributed by atoms with Gasteiger partial charge in [-0.2, -0.15) is 0 Å². The van der Waals surface area contributed by atoms with Crippen LogP contribution >= 0.6 is 11.6 Å². The van der Waals surface area contributed by atoms with E-state index in [1.807, 2.05) is 24.6 Å². The fourth-order valence-corrected chi connectivity index (χ4v) is 2.02. The molecule has 0 radical (unpaired) electrons. The summed E-state index contributed by atoms with van der Waals surface area (Å²) >= 11 is 6.10. The Kier molecular flexibility index (Phi) is 2.88. The maximum atomic E-state index is 9.70. The van der Waals surface area contributed by atoms with Gasteiger partial charge in [-0.25, -0.2) is 4.98 Å². The molecule has 1 aromatic heterocycles. The number of aromatic nitrogens is 2. The van der Waals surface area contributed by atoms with Crippen molar-refractivity contribution < 1.29 is 5.11 Å². The molecule has 16 heavy (non-hydrogen) atoms. The minimum absolute atomic E-state index is 0.150. The molecule has 1 heterocycles. The minimum atomic E-state index is -0.737. The highest BCUT2D eigenvalue weighted by Gasteiger charge is 2.13. The second-order valence-electron chi connectivity index (χ2n) is 3.83. The normalized spacial score (nSPS) is 13.3. The van der Waals surface area contributed by atoms with E-state index in [9.17, 15) is 5.11 Å². The van der Waals surface area contributed by atoms with Crippen LogP contribution in [0.2, 0.25) is 5.02 Å². The number of imidazole rings is 1. The van der Waals surface area contributed by atoms with Gasteiger partial charge in [0.15, 0.2) is 0 Å². The number of halogens is 1. The van der Waals surface area contributed by atoms with E-state index in [1.165, 1.54) is 0 Å². The Balaban J connectivity index is 2.67. The van der Waals surface area contributed by atoms with Crippen molar-refractivity contribution in [2.75, 3.05) is 6.54 Å². The number of rotatable bonds is 2. The molecule has 0 bridgehead atoms. The Morgan fingerprint density at radius 2 is 2.25 bits per heavy atom. The van der Waals surface area contributed by atoms with Crippen LogP contribution < -0.4 is 5.73 Å². The maximum Gasteiger partial charge on any atom is 0.106 e.